The Morgan fingerprint density at radius 2 is 1.12 bits per heavy atom. The van der Waals surface area contributed by atoms with Crippen LogP contribution >= 0.6 is 35.4 Å². The Balaban J connectivity index is 1.91. The first kappa shape index (κ1) is 22.2. The smallest absolute Gasteiger partial charge is 0.268 e. The van der Waals surface area contributed by atoms with E-state index in [1.165, 1.54) is 15.9 Å². The zero-order valence-corrected chi connectivity index (χ0v) is 19.6. The summed E-state index contributed by atoms with van der Waals surface area (Å²) in [6.45, 7) is 3.90. The largest absolute Gasteiger partial charge is 0.270 e. The Bertz CT molecular complexity index is 1180. The molecule has 1 aliphatic heterocycles. The van der Waals surface area contributed by atoms with E-state index in [-0.39, 0.29) is 10.7 Å². The van der Waals surface area contributed by atoms with Crippen LogP contribution in [0.3, 0.4) is 0 Å². The topological polar surface area (TPSA) is 40.6 Å². The van der Waals surface area contributed by atoms with Crippen molar-refractivity contribution in [3.63, 3.8) is 0 Å². The zero-order chi connectivity index (χ0) is 23.0. The minimum atomic E-state index is -0.539. The van der Waals surface area contributed by atoms with E-state index in [4.69, 9.17) is 35.4 Å². The second-order valence-electron chi connectivity index (χ2n) is 7.43. The molecule has 0 radical (unpaired) electrons. The highest BCUT2D eigenvalue weighted by Crippen LogP contribution is 2.33. The van der Waals surface area contributed by atoms with Gasteiger partial charge in [0.05, 0.1) is 11.4 Å². The first-order chi connectivity index (χ1) is 15.3. The number of halogens is 2. The lowest BCUT2D eigenvalue weighted by Crippen LogP contribution is -2.56. The summed E-state index contributed by atoms with van der Waals surface area (Å²) in [6.07, 6.45) is 1.43. The Kier molecular flexibility index (Phi) is 6.15. The van der Waals surface area contributed by atoms with Crippen LogP contribution in [0.5, 0.6) is 0 Å². The number of benzene rings is 3. The first-order valence-corrected chi connectivity index (χ1v) is 11.0. The monoisotopic (exact) mass is 480 g/mol. The molecular weight excluding hydrogens is 463 g/mol. The van der Waals surface area contributed by atoms with E-state index in [0.717, 1.165) is 11.1 Å². The molecule has 0 saturated carbocycles. The van der Waals surface area contributed by atoms with Gasteiger partial charge >= 0.3 is 0 Å². The molecule has 4 rings (SSSR count). The van der Waals surface area contributed by atoms with Gasteiger partial charge in [0.25, 0.3) is 11.8 Å². The molecule has 1 saturated heterocycles. The summed E-state index contributed by atoms with van der Waals surface area (Å²) in [5.74, 6) is -1.08. The molecule has 0 aliphatic carbocycles. The number of carbonyl (C=O) groups excluding carboxylic acids is 2. The molecule has 7 heteroatoms. The van der Waals surface area contributed by atoms with Gasteiger partial charge in [0.15, 0.2) is 5.11 Å². The molecule has 0 spiro atoms. The molecule has 0 aromatic heterocycles. The van der Waals surface area contributed by atoms with Crippen molar-refractivity contribution in [3.05, 3.63) is 99.0 Å². The van der Waals surface area contributed by atoms with Crippen LogP contribution in [0.1, 0.15) is 16.7 Å². The number of hydrogen-bond donors (Lipinski definition) is 0. The van der Waals surface area contributed by atoms with Crippen molar-refractivity contribution in [2.24, 2.45) is 0 Å². The summed E-state index contributed by atoms with van der Waals surface area (Å²) in [7, 11) is 0. The fourth-order valence-electron chi connectivity index (χ4n) is 3.37. The molecule has 1 heterocycles. The highest BCUT2D eigenvalue weighted by Gasteiger charge is 2.41. The molecule has 1 aliphatic rings. The number of hydrogen-bond acceptors (Lipinski definition) is 3. The maximum absolute atomic E-state index is 13.5. The molecule has 1 fully saturated rings. The van der Waals surface area contributed by atoms with Gasteiger partial charge in [-0.15, -0.1) is 0 Å². The van der Waals surface area contributed by atoms with Gasteiger partial charge in [0.2, 0.25) is 0 Å². The van der Waals surface area contributed by atoms with Gasteiger partial charge in [0.1, 0.15) is 5.57 Å². The summed E-state index contributed by atoms with van der Waals surface area (Å²) in [5, 5.41) is 0.750. The van der Waals surface area contributed by atoms with Gasteiger partial charge in [-0.05, 0) is 68.5 Å². The fraction of sp³-hybridized carbons (Fsp3) is 0.0800. The summed E-state index contributed by atoms with van der Waals surface area (Å²) in [6, 6.07) is 19.7. The van der Waals surface area contributed by atoms with Crippen molar-refractivity contribution in [3.8, 4) is 0 Å². The minimum absolute atomic E-state index is 0.0788. The van der Waals surface area contributed by atoms with Crippen LogP contribution in [-0.2, 0) is 9.59 Å². The van der Waals surface area contributed by atoms with Gasteiger partial charge in [-0.25, -0.2) is 0 Å². The molecule has 32 heavy (non-hydrogen) atoms. The lowest BCUT2D eigenvalue weighted by Gasteiger charge is -2.36. The minimum Gasteiger partial charge on any atom is -0.268 e. The van der Waals surface area contributed by atoms with Crippen LogP contribution in [0.25, 0.3) is 6.08 Å². The second kappa shape index (κ2) is 8.87. The molecule has 3 aromatic carbocycles. The second-order valence-corrected chi connectivity index (χ2v) is 8.61. The van der Waals surface area contributed by atoms with E-state index in [0.29, 0.717) is 27.0 Å². The Morgan fingerprint density at radius 3 is 1.53 bits per heavy atom. The molecule has 0 N–H and O–H groups in total. The number of rotatable bonds is 3. The number of amides is 2. The van der Waals surface area contributed by atoms with Gasteiger partial charge in [0, 0.05) is 15.6 Å². The Morgan fingerprint density at radius 1 is 0.719 bits per heavy atom. The first-order valence-electron chi connectivity index (χ1n) is 9.80. The predicted octanol–water partition coefficient (Wildman–Crippen LogP) is 6.36. The van der Waals surface area contributed by atoms with E-state index in [1.54, 1.807) is 42.5 Å². The molecule has 0 atom stereocenters. The van der Waals surface area contributed by atoms with Crippen molar-refractivity contribution in [1.82, 2.24) is 0 Å². The summed E-state index contributed by atoms with van der Waals surface area (Å²) in [4.78, 5) is 29.8. The molecule has 3 aromatic rings. The van der Waals surface area contributed by atoms with Gasteiger partial charge in [-0.3, -0.25) is 19.4 Å². The van der Waals surface area contributed by atoms with Gasteiger partial charge < -0.3 is 0 Å². The average Bonchev–Trinajstić information content (AvgIpc) is 2.75. The fourth-order valence-corrected chi connectivity index (χ4v) is 4.25. The third-order valence-corrected chi connectivity index (χ3v) is 6.15. The standard InChI is InChI=1S/C25H18Cl2N2O2S/c1-15-6-10-17(11-7-15)28-23(30)20(14-19-21(26)4-3-5-22(19)27)24(31)29(25(28)32)18-12-8-16(2)9-13-18/h3-14H,1-2H3. The Hall–Kier alpha value is -2.99. The SMILES string of the molecule is Cc1ccc(N2C(=O)C(=Cc3c(Cl)cccc3Cl)C(=O)N(c3ccc(C)cc3)C2=S)cc1. The van der Waals surface area contributed by atoms with Crippen molar-refractivity contribution in [2.45, 2.75) is 13.8 Å². The lowest BCUT2D eigenvalue weighted by atomic mass is 10.0. The van der Waals surface area contributed by atoms with E-state index in [2.05, 4.69) is 0 Å². The summed E-state index contributed by atoms with van der Waals surface area (Å²) in [5.41, 5.74) is 3.50. The maximum Gasteiger partial charge on any atom is 0.270 e. The highest BCUT2D eigenvalue weighted by molar-refractivity contribution is 7.81. The van der Waals surface area contributed by atoms with Crippen LogP contribution in [-0.4, -0.2) is 16.9 Å². The summed E-state index contributed by atoms with van der Waals surface area (Å²) >= 11 is 18.3. The molecule has 160 valence electrons. The quantitative estimate of drug-likeness (QED) is 0.248. The number of anilines is 2. The van der Waals surface area contributed by atoms with Crippen molar-refractivity contribution in [2.75, 3.05) is 9.80 Å². The van der Waals surface area contributed by atoms with Gasteiger partial charge in [-0.1, -0.05) is 64.7 Å². The van der Waals surface area contributed by atoms with Crippen molar-refractivity contribution in [1.29, 1.82) is 0 Å². The third-order valence-electron chi connectivity index (χ3n) is 5.12. The maximum atomic E-state index is 13.5. The van der Waals surface area contributed by atoms with E-state index >= 15 is 0 Å². The Labute approximate surface area is 201 Å². The molecule has 4 nitrogen and oxygen atoms in total. The van der Waals surface area contributed by atoms with Crippen LogP contribution in [0.4, 0.5) is 11.4 Å². The summed E-state index contributed by atoms with van der Waals surface area (Å²) < 4.78 is 0. The number of aryl methyl sites for hydroxylation is 2. The van der Waals surface area contributed by atoms with E-state index in [1.807, 2.05) is 38.1 Å². The molecule has 0 bridgehead atoms. The van der Waals surface area contributed by atoms with Crippen LogP contribution < -0.4 is 9.80 Å². The van der Waals surface area contributed by atoms with Crippen LogP contribution in [0.15, 0.2) is 72.3 Å². The number of thiocarbonyl (C=S) groups is 1. The highest BCUT2D eigenvalue weighted by atomic mass is 35.5. The third kappa shape index (κ3) is 4.07. The number of nitrogens with zero attached hydrogens (tertiary/aromatic N) is 2. The molecular formula is C25H18Cl2N2O2S. The lowest BCUT2D eigenvalue weighted by molar-refractivity contribution is -0.120. The zero-order valence-electron chi connectivity index (χ0n) is 17.3. The van der Waals surface area contributed by atoms with Crippen LogP contribution in [0.2, 0.25) is 10.0 Å². The van der Waals surface area contributed by atoms with Gasteiger partial charge in [-0.2, -0.15) is 0 Å². The predicted molar refractivity (Wildman–Crippen MR) is 134 cm³/mol. The molecule has 0 unspecified atom stereocenters. The van der Waals surface area contributed by atoms with Crippen molar-refractivity contribution >= 4 is 69.8 Å². The van der Waals surface area contributed by atoms with Crippen molar-refractivity contribution < 1.29 is 9.59 Å². The van der Waals surface area contributed by atoms with Crippen LogP contribution in [0, 0.1) is 13.8 Å². The number of carbonyl (C=O) groups is 2. The van der Waals surface area contributed by atoms with E-state index in [9.17, 15) is 9.59 Å². The van der Waals surface area contributed by atoms with E-state index < -0.39 is 11.8 Å². The molecule has 2 amide bonds. The average molecular weight is 481 g/mol. The normalized spacial score (nSPS) is 14.2.